The second-order valence-electron chi connectivity index (χ2n) is 4.32. The van der Waals surface area contributed by atoms with Gasteiger partial charge in [-0.2, -0.15) is 13.2 Å². The van der Waals surface area contributed by atoms with Crippen LogP contribution in [0.25, 0.3) is 0 Å². The zero-order valence-corrected chi connectivity index (χ0v) is 10.8. The Bertz CT molecular complexity index is 500. The molecular weight excluding hydrogens is 275 g/mol. The van der Waals surface area contributed by atoms with Gasteiger partial charge in [0.15, 0.2) is 0 Å². The van der Waals surface area contributed by atoms with Gasteiger partial charge in [-0.3, -0.25) is 4.79 Å². The number of hydrogen-bond donors (Lipinski definition) is 1. The number of likely N-dealkylation sites (N-methyl/N-ethyl adjacent to an activating group) is 1. The maximum absolute atomic E-state index is 12.1. The Labute approximate surface area is 113 Å². The standard InChI is InChI=1S/C13H14F3NO3/c1-17(11(18)8-13(14,15)16)7-6-9-4-2-3-5-10(9)12(19)20/h2-5H,6-8H2,1H3,(H,19,20). The summed E-state index contributed by atoms with van der Waals surface area (Å²) >= 11 is 0. The van der Waals surface area contributed by atoms with Gasteiger partial charge in [-0.05, 0) is 18.1 Å². The largest absolute Gasteiger partial charge is 0.478 e. The van der Waals surface area contributed by atoms with Gasteiger partial charge in [0.2, 0.25) is 5.91 Å². The quantitative estimate of drug-likeness (QED) is 0.905. The predicted octanol–water partition coefficient (Wildman–Crippen LogP) is 2.34. The zero-order chi connectivity index (χ0) is 15.3. The third kappa shape index (κ3) is 4.91. The molecule has 1 N–H and O–H groups in total. The summed E-state index contributed by atoms with van der Waals surface area (Å²) in [6.45, 7) is 0.0270. The van der Waals surface area contributed by atoms with Crippen LogP contribution in [-0.2, 0) is 11.2 Å². The summed E-state index contributed by atoms with van der Waals surface area (Å²) in [6, 6.07) is 6.19. The summed E-state index contributed by atoms with van der Waals surface area (Å²) in [6.07, 6.45) is -5.86. The number of rotatable bonds is 5. The lowest BCUT2D eigenvalue weighted by Gasteiger charge is -2.18. The molecule has 0 saturated heterocycles. The number of carboxylic acids is 1. The zero-order valence-electron chi connectivity index (χ0n) is 10.8. The first-order valence-electron chi connectivity index (χ1n) is 5.82. The van der Waals surface area contributed by atoms with Crippen molar-refractivity contribution in [2.45, 2.75) is 19.0 Å². The van der Waals surface area contributed by atoms with Gasteiger partial charge in [-0.15, -0.1) is 0 Å². The minimum Gasteiger partial charge on any atom is -0.478 e. The van der Waals surface area contributed by atoms with Crippen molar-refractivity contribution >= 4 is 11.9 Å². The van der Waals surface area contributed by atoms with Crippen molar-refractivity contribution < 1.29 is 27.9 Å². The molecule has 0 saturated carbocycles. The van der Waals surface area contributed by atoms with E-state index in [-0.39, 0.29) is 18.5 Å². The molecule has 0 atom stereocenters. The van der Waals surface area contributed by atoms with Crippen LogP contribution in [0.15, 0.2) is 24.3 Å². The van der Waals surface area contributed by atoms with Crippen LogP contribution in [0.3, 0.4) is 0 Å². The van der Waals surface area contributed by atoms with Crippen molar-refractivity contribution in [3.63, 3.8) is 0 Å². The predicted molar refractivity (Wildman–Crippen MR) is 65.4 cm³/mol. The molecule has 0 aromatic heterocycles. The number of hydrogen-bond acceptors (Lipinski definition) is 2. The second kappa shape index (κ2) is 6.40. The second-order valence-corrected chi connectivity index (χ2v) is 4.32. The highest BCUT2D eigenvalue weighted by Gasteiger charge is 2.32. The lowest BCUT2D eigenvalue weighted by Crippen LogP contribution is -2.32. The molecule has 1 amide bonds. The van der Waals surface area contributed by atoms with E-state index in [4.69, 9.17) is 5.11 Å². The van der Waals surface area contributed by atoms with Crippen LogP contribution < -0.4 is 0 Å². The highest BCUT2D eigenvalue weighted by molar-refractivity contribution is 5.89. The molecule has 1 rings (SSSR count). The van der Waals surface area contributed by atoms with E-state index in [1.54, 1.807) is 18.2 Å². The highest BCUT2D eigenvalue weighted by atomic mass is 19.4. The lowest BCUT2D eigenvalue weighted by atomic mass is 10.0. The van der Waals surface area contributed by atoms with Crippen LogP contribution in [0.2, 0.25) is 0 Å². The number of amides is 1. The summed E-state index contributed by atoms with van der Waals surface area (Å²) in [5.41, 5.74) is 0.566. The molecule has 0 heterocycles. The molecule has 0 spiro atoms. The van der Waals surface area contributed by atoms with Crippen LogP contribution in [0.1, 0.15) is 22.3 Å². The Morgan fingerprint density at radius 3 is 2.40 bits per heavy atom. The molecule has 0 radical (unpaired) electrons. The van der Waals surface area contributed by atoms with Gasteiger partial charge >= 0.3 is 12.1 Å². The Kier molecular flexibility index (Phi) is 5.12. The Morgan fingerprint density at radius 1 is 1.25 bits per heavy atom. The maximum atomic E-state index is 12.1. The monoisotopic (exact) mass is 289 g/mol. The van der Waals surface area contributed by atoms with Crippen LogP contribution in [0.5, 0.6) is 0 Å². The van der Waals surface area contributed by atoms with Gasteiger partial charge in [-0.25, -0.2) is 4.79 Å². The van der Waals surface area contributed by atoms with E-state index >= 15 is 0 Å². The molecule has 20 heavy (non-hydrogen) atoms. The van der Waals surface area contributed by atoms with Crippen molar-refractivity contribution in [2.24, 2.45) is 0 Å². The van der Waals surface area contributed by atoms with Crippen molar-refractivity contribution in [1.29, 1.82) is 0 Å². The molecule has 0 aliphatic carbocycles. The Balaban J connectivity index is 2.64. The first-order valence-corrected chi connectivity index (χ1v) is 5.82. The number of halogens is 3. The summed E-state index contributed by atoms with van der Waals surface area (Å²) < 4.78 is 36.2. The maximum Gasteiger partial charge on any atom is 0.397 e. The normalized spacial score (nSPS) is 11.2. The van der Waals surface area contributed by atoms with Gasteiger partial charge in [-0.1, -0.05) is 18.2 Å². The smallest absolute Gasteiger partial charge is 0.397 e. The number of carbonyl (C=O) groups excluding carboxylic acids is 1. The molecule has 0 unspecified atom stereocenters. The third-order valence-electron chi connectivity index (χ3n) is 2.74. The van der Waals surface area contributed by atoms with E-state index in [1.807, 2.05) is 0 Å². The summed E-state index contributed by atoms with van der Waals surface area (Å²) in [5.74, 6) is -2.14. The number of carbonyl (C=O) groups is 2. The van der Waals surface area contributed by atoms with Crippen molar-refractivity contribution in [3.8, 4) is 0 Å². The fourth-order valence-electron chi connectivity index (χ4n) is 1.67. The molecule has 0 aliphatic rings. The van der Waals surface area contributed by atoms with E-state index in [2.05, 4.69) is 0 Å². The topological polar surface area (TPSA) is 57.6 Å². The molecule has 1 aromatic rings. The van der Waals surface area contributed by atoms with Gasteiger partial charge in [0, 0.05) is 13.6 Å². The van der Waals surface area contributed by atoms with Crippen LogP contribution >= 0.6 is 0 Å². The van der Waals surface area contributed by atoms with Gasteiger partial charge in [0.05, 0.1) is 5.56 Å². The first-order chi connectivity index (χ1) is 9.20. The summed E-state index contributed by atoms with van der Waals surface area (Å²) in [5, 5.41) is 8.96. The van der Waals surface area contributed by atoms with E-state index in [0.717, 1.165) is 4.90 Å². The number of aromatic carboxylic acids is 1. The Morgan fingerprint density at radius 2 is 1.85 bits per heavy atom. The third-order valence-corrected chi connectivity index (χ3v) is 2.74. The highest BCUT2D eigenvalue weighted by Crippen LogP contribution is 2.20. The minimum atomic E-state index is -4.54. The van der Waals surface area contributed by atoms with Gasteiger partial charge in [0.25, 0.3) is 0 Å². The summed E-state index contributed by atoms with van der Waals surface area (Å²) in [7, 11) is 1.26. The van der Waals surface area contributed by atoms with E-state index in [9.17, 15) is 22.8 Å². The average Bonchev–Trinajstić information content (AvgIpc) is 2.34. The van der Waals surface area contributed by atoms with E-state index in [0.29, 0.717) is 5.56 Å². The number of benzene rings is 1. The van der Waals surface area contributed by atoms with Crippen molar-refractivity contribution in [2.75, 3.05) is 13.6 Å². The van der Waals surface area contributed by atoms with Gasteiger partial charge in [0.1, 0.15) is 6.42 Å². The average molecular weight is 289 g/mol. The van der Waals surface area contributed by atoms with Gasteiger partial charge < -0.3 is 10.0 Å². The van der Waals surface area contributed by atoms with Crippen molar-refractivity contribution in [3.05, 3.63) is 35.4 Å². The Hall–Kier alpha value is -2.05. The minimum absolute atomic E-state index is 0.0270. The molecule has 4 nitrogen and oxygen atoms in total. The number of carboxylic acid groups (broad SMARTS) is 1. The number of nitrogens with zero attached hydrogens (tertiary/aromatic N) is 1. The van der Waals surface area contributed by atoms with E-state index in [1.165, 1.54) is 13.1 Å². The lowest BCUT2D eigenvalue weighted by molar-refractivity contribution is -0.160. The fourth-order valence-corrected chi connectivity index (χ4v) is 1.67. The fraction of sp³-hybridized carbons (Fsp3) is 0.385. The van der Waals surface area contributed by atoms with E-state index < -0.39 is 24.5 Å². The van der Waals surface area contributed by atoms with Crippen LogP contribution in [0.4, 0.5) is 13.2 Å². The molecule has 0 bridgehead atoms. The molecule has 0 fully saturated rings. The van der Waals surface area contributed by atoms with Crippen LogP contribution in [0, 0.1) is 0 Å². The molecule has 110 valence electrons. The summed E-state index contributed by atoms with van der Waals surface area (Å²) in [4.78, 5) is 23.2. The van der Waals surface area contributed by atoms with Crippen molar-refractivity contribution in [1.82, 2.24) is 4.90 Å². The molecule has 1 aromatic carbocycles. The molecule has 7 heteroatoms. The number of alkyl halides is 3. The molecule has 0 aliphatic heterocycles. The first kappa shape index (κ1) is 16.0. The molecular formula is C13H14F3NO3. The van der Waals surface area contributed by atoms with Crippen LogP contribution in [-0.4, -0.2) is 41.7 Å². The SMILES string of the molecule is CN(CCc1ccccc1C(=O)O)C(=O)CC(F)(F)F.